The van der Waals surface area contributed by atoms with E-state index in [1.807, 2.05) is 6.92 Å². The highest BCUT2D eigenvalue weighted by Gasteiger charge is 2.28. The fourth-order valence-corrected chi connectivity index (χ4v) is 6.86. The van der Waals surface area contributed by atoms with E-state index in [4.69, 9.17) is 15.6 Å². The number of benzene rings is 4. The van der Waals surface area contributed by atoms with Crippen molar-refractivity contribution in [1.82, 2.24) is 4.98 Å². The van der Waals surface area contributed by atoms with Crippen LogP contribution in [0.5, 0.6) is 11.5 Å². The quantitative estimate of drug-likeness (QED) is 0.0759. The molecular weight excluding hydrogens is 687 g/mol. The predicted molar refractivity (Wildman–Crippen MR) is 167 cm³/mol. The number of hydrogen-bond donors (Lipinski definition) is 5. The van der Waals surface area contributed by atoms with Crippen molar-refractivity contribution < 1.29 is 44.2 Å². The van der Waals surface area contributed by atoms with Crippen molar-refractivity contribution in [2.24, 2.45) is 25.6 Å². The topological polar surface area (TPSA) is 287 Å². The van der Waals surface area contributed by atoms with E-state index < -0.39 is 62.9 Å². The summed E-state index contributed by atoms with van der Waals surface area (Å²) in [6.07, 6.45) is 0. The zero-order valence-electron chi connectivity index (χ0n) is 23.1. The zero-order valence-corrected chi connectivity index (χ0v) is 26.4. The third-order valence-corrected chi connectivity index (χ3v) is 9.76. The van der Waals surface area contributed by atoms with Crippen molar-refractivity contribution >= 4 is 90.5 Å². The molecule has 0 aliphatic rings. The van der Waals surface area contributed by atoms with E-state index in [1.54, 1.807) is 18.2 Å². The monoisotopic (exact) mass is 707 g/mol. The number of rotatable bonds is 9. The summed E-state index contributed by atoms with van der Waals surface area (Å²) >= 11 is 1.06. The summed E-state index contributed by atoms with van der Waals surface area (Å²) in [5.41, 5.74) is 4.71. The molecular formula is C25H21N7O10S4. The number of primary sulfonamides is 1. The Labute approximate surface area is 264 Å². The van der Waals surface area contributed by atoms with Crippen LogP contribution < -0.4 is 15.6 Å². The molecule has 1 heterocycles. The predicted octanol–water partition coefficient (Wildman–Crippen LogP) is 5.11. The number of fused-ring (bicyclic) bond motifs is 2. The van der Waals surface area contributed by atoms with Gasteiger partial charge in [-0.15, -0.1) is 15.3 Å². The molecule has 4 aromatic carbocycles. The Morgan fingerprint density at radius 2 is 1.46 bits per heavy atom. The van der Waals surface area contributed by atoms with Crippen LogP contribution in [-0.4, -0.2) is 51.1 Å². The Bertz CT molecular complexity index is 2430. The van der Waals surface area contributed by atoms with E-state index in [-0.39, 0.29) is 26.5 Å². The number of phenols is 1. The van der Waals surface area contributed by atoms with Crippen molar-refractivity contribution in [3.63, 3.8) is 0 Å². The summed E-state index contributed by atoms with van der Waals surface area (Å²) < 4.78 is 98.2. The van der Waals surface area contributed by atoms with Gasteiger partial charge in [-0.05, 0) is 66.9 Å². The molecule has 7 N–H and O–H groups in total. The molecule has 240 valence electrons. The van der Waals surface area contributed by atoms with Crippen molar-refractivity contribution in [3.05, 3.63) is 54.6 Å². The first kappa shape index (κ1) is 32.7. The van der Waals surface area contributed by atoms with Crippen molar-refractivity contribution in [2.45, 2.75) is 21.6 Å². The molecule has 0 radical (unpaired) electrons. The van der Waals surface area contributed by atoms with Gasteiger partial charge in [-0.1, -0.05) is 11.3 Å². The van der Waals surface area contributed by atoms with Crippen LogP contribution in [0.15, 0.2) is 89.7 Å². The fourth-order valence-electron chi connectivity index (χ4n) is 4.20. The van der Waals surface area contributed by atoms with Crippen LogP contribution in [0.2, 0.25) is 0 Å². The lowest BCUT2D eigenvalue weighted by Crippen LogP contribution is -2.11. The van der Waals surface area contributed by atoms with Gasteiger partial charge in [0, 0.05) is 0 Å². The lowest BCUT2D eigenvalue weighted by molar-refractivity contribution is 0.341. The number of azo groups is 2. The Morgan fingerprint density at radius 3 is 2.04 bits per heavy atom. The second kappa shape index (κ2) is 11.9. The molecule has 0 saturated heterocycles. The lowest BCUT2D eigenvalue weighted by atomic mass is 10.1. The van der Waals surface area contributed by atoms with Crippen LogP contribution in [-0.2, 0) is 30.3 Å². The number of ether oxygens (including phenoxy) is 1. The summed E-state index contributed by atoms with van der Waals surface area (Å²) in [6.45, 7) is 2.25. The van der Waals surface area contributed by atoms with Crippen LogP contribution in [0.4, 0.5) is 27.9 Å². The molecule has 21 heteroatoms. The number of anilines is 1. The minimum Gasteiger partial charge on any atom is -0.505 e. The summed E-state index contributed by atoms with van der Waals surface area (Å²) in [5, 5.41) is 31.0. The molecule has 0 spiro atoms. The van der Waals surface area contributed by atoms with E-state index in [9.17, 15) is 39.5 Å². The van der Waals surface area contributed by atoms with Crippen LogP contribution in [0.3, 0.4) is 0 Å². The van der Waals surface area contributed by atoms with Crippen LogP contribution in [0.25, 0.3) is 21.0 Å². The lowest BCUT2D eigenvalue weighted by Gasteiger charge is -2.14. The molecule has 0 amide bonds. The van der Waals surface area contributed by atoms with E-state index in [1.165, 1.54) is 12.1 Å². The van der Waals surface area contributed by atoms with Crippen LogP contribution in [0, 0.1) is 0 Å². The van der Waals surface area contributed by atoms with Gasteiger partial charge >= 0.3 is 0 Å². The highest BCUT2D eigenvalue weighted by molar-refractivity contribution is 7.89. The minimum absolute atomic E-state index is 0.0119. The van der Waals surface area contributed by atoms with Gasteiger partial charge < -0.3 is 15.6 Å². The maximum absolute atomic E-state index is 12.3. The highest BCUT2D eigenvalue weighted by Crippen LogP contribution is 2.48. The largest absolute Gasteiger partial charge is 0.505 e. The SMILES string of the molecule is CCOc1ccc2nc(N=Nc3c(S(=O)(=O)O)cc4cc(S(=O)(=O)O)c(N=Nc5ccc(S(N)(=O)=O)cc5)c(N)c4c3O)sc2c1. The van der Waals surface area contributed by atoms with E-state index in [0.717, 1.165) is 35.6 Å². The second-order valence-electron chi connectivity index (χ2n) is 9.26. The Kier molecular flexibility index (Phi) is 8.50. The van der Waals surface area contributed by atoms with E-state index in [0.29, 0.717) is 22.6 Å². The first-order valence-electron chi connectivity index (χ1n) is 12.5. The van der Waals surface area contributed by atoms with E-state index >= 15 is 0 Å². The standard InChI is InChI=1S/C25H21N7O10S4/c1-2-42-14-5-8-16-17(11-14)43-25(28-16)32-31-23-19(46(39,40)41)10-12-9-18(45(36,37)38)22(21(26)20(12)24(23)33)30-29-13-3-6-15(7-4-13)44(27,34)35/h3-11,33H,2,26H2,1H3,(H2,27,34,35)(H,36,37,38)(H,39,40,41). The maximum Gasteiger partial charge on any atom is 0.296 e. The van der Waals surface area contributed by atoms with E-state index in [2.05, 4.69) is 25.4 Å². The van der Waals surface area contributed by atoms with Crippen molar-refractivity contribution in [1.29, 1.82) is 0 Å². The number of phenolic OH excluding ortho intramolecular Hbond substituents is 1. The van der Waals surface area contributed by atoms with Gasteiger partial charge in [0.1, 0.15) is 26.9 Å². The molecule has 1 aromatic heterocycles. The molecule has 17 nitrogen and oxygen atoms in total. The molecule has 0 atom stereocenters. The molecule has 46 heavy (non-hydrogen) atoms. The average Bonchev–Trinajstić information content (AvgIpc) is 3.37. The minimum atomic E-state index is -5.11. The normalized spacial score (nSPS) is 13.0. The van der Waals surface area contributed by atoms with Crippen molar-refractivity contribution in [3.8, 4) is 11.5 Å². The summed E-state index contributed by atoms with van der Waals surface area (Å²) in [4.78, 5) is 2.14. The van der Waals surface area contributed by atoms with Gasteiger partial charge in [-0.2, -0.15) is 21.9 Å². The number of hydrogen-bond acceptors (Lipinski definition) is 15. The van der Waals surface area contributed by atoms with Crippen LogP contribution >= 0.6 is 11.3 Å². The number of sulfonamides is 1. The average molecular weight is 708 g/mol. The number of thiazole rings is 1. The molecule has 0 aliphatic heterocycles. The Hall–Kier alpha value is -4.64. The molecule has 0 aliphatic carbocycles. The zero-order chi connectivity index (χ0) is 33.6. The summed E-state index contributed by atoms with van der Waals surface area (Å²) in [7, 11) is -14.2. The van der Waals surface area contributed by atoms with Crippen molar-refractivity contribution in [2.75, 3.05) is 12.3 Å². The summed E-state index contributed by atoms with van der Waals surface area (Å²) in [6, 6.07) is 11.2. The Morgan fingerprint density at radius 1 is 0.848 bits per heavy atom. The third kappa shape index (κ3) is 6.64. The van der Waals surface area contributed by atoms with Crippen LogP contribution in [0.1, 0.15) is 6.92 Å². The van der Waals surface area contributed by atoms with Gasteiger partial charge in [-0.3, -0.25) is 9.11 Å². The first-order valence-corrected chi connectivity index (χ1v) is 17.8. The molecule has 0 fully saturated rings. The van der Waals surface area contributed by atoms with Gasteiger partial charge in [-0.25, -0.2) is 18.5 Å². The first-order chi connectivity index (χ1) is 21.5. The maximum atomic E-state index is 12.3. The van der Waals surface area contributed by atoms with Gasteiger partial charge in [0.05, 0.1) is 38.5 Å². The summed E-state index contributed by atoms with van der Waals surface area (Å²) in [5.74, 6) is -0.363. The number of nitrogens with zero attached hydrogens (tertiary/aromatic N) is 5. The highest BCUT2D eigenvalue weighted by atomic mass is 32.2. The Balaban J connectivity index is 1.68. The third-order valence-electron chi connectivity index (χ3n) is 6.20. The molecule has 0 saturated carbocycles. The second-order valence-corrected chi connectivity index (χ2v) is 14.6. The van der Waals surface area contributed by atoms with Gasteiger partial charge in [0.15, 0.2) is 5.75 Å². The molecule has 5 rings (SSSR count). The van der Waals surface area contributed by atoms with Gasteiger partial charge in [0.2, 0.25) is 15.2 Å². The molecule has 0 bridgehead atoms. The number of nitrogens with two attached hydrogens (primary N) is 2. The fraction of sp³-hybridized carbons (Fsp3) is 0.0800. The molecule has 5 aromatic rings. The molecule has 0 unspecified atom stereocenters. The number of aromatic nitrogens is 1. The smallest absolute Gasteiger partial charge is 0.296 e. The number of nitrogen functional groups attached to an aromatic ring is 1. The number of aromatic hydroxyl groups is 1. The van der Waals surface area contributed by atoms with Gasteiger partial charge in [0.25, 0.3) is 20.2 Å².